The second kappa shape index (κ2) is 11.0. The predicted molar refractivity (Wildman–Crippen MR) is 108 cm³/mol. The monoisotopic (exact) mass is 365 g/mol. The van der Waals surface area contributed by atoms with Crippen LogP contribution in [0.4, 0.5) is 0 Å². The maximum atomic E-state index is 12.8. The lowest BCUT2D eigenvalue weighted by atomic mass is 9.99. The molecule has 4 nitrogen and oxygen atoms in total. The fourth-order valence-electron chi connectivity index (χ4n) is 2.77. The Kier molecular flexibility index (Phi) is 8.30. The molecule has 0 bridgehead atoms. The zero-order valence-corrected chi connectivity index (χ0v) is 16.0. The van der Waals surface area contributed by atoms with Gasteiger partial charge in [0.05, 0.1) is 6.61 Å². The minimum atomic E-state index is -0.595. The number of aryl methyl sites for hydroxylation is 2. The smallest absolute Gasteiger partial charge is 0.343 e. The van der Waals surface area contributed by atoms with Gasteiger partial charge in [-0.15, -0.1) is 0 Å². The highest BCUT2D eigenvalue weighted by atomic mass is 16.5. The lowest BCUT2D eigenvalue weighted by molar-refractivity contribution is -0.138. The van der Waals surface area contributed by atoms with Crippen LogP contribution < -0.4 is 5.32 Å². The lowest BCUT2D eigenvalue weighted by Crippen LogP contribution is -2.20. The Morgan fingerprint density at radius 1 is 1.00 bits per heavy atom. The first-order chi connectivity index (χ1) is 13.1. The molecular weight excluding hydrogens is 338 g/mol. The molecule has 0 fully saturated rings. The molecule has 0 atom stereocenters. The predicted octanol–water partition coefficient (Wildman–Crippen LogP) is 4.24. The van der Waals surface area contributed by atoms with Gasteiger partial charge in [0.2, 0.25) is 5.78 Å². The van der Waals surface area contributed by atoms with Crippen molar-refractivity contribution in [1.82, 2.24) is 5.32 Å². The van der Waals surface area contributed by atoms with Crippen LogP contribution in [-0.2, 0) is 16.0 Å². The molecule has 2 aromatic carbocycles. The molecule has 0 radical (unpaired) electrons. The summed E-state index contributed by atoms with van der Waals surface area (Å²) in [6.07, 6.45) is 4.49. The molecule has 27 heavy (non-hydrogen) atoms. The van der Waals surface area contributed by atoms with E-state index in [1.54, 1.807) is 19.1 Å². The molecule has 0 spiro atoms. The van der Waals surface area contributed by atoms with Crippen LogP contribution in [-0.4, -0.2) is 24.9 Å². The van der Waals surface area contributed by atoms with Crippen molar-refractivity contribution in [3.05, 3.63) is 83.1 Å². The Labute approximate surface area is 161 Å². The second-order valence-electron chi connectivity index (χ2n) is 6.32. The Morgan fingerprint density at radius 3 is 2.41 bits per heavy atom. The standard InChI is InChI=1S/C23H27NO3/c1-3-27-23(26)21(22(25)20-15-8-7-11-18(20)2)17-24-16-10-9-14-19-12-5-4-6-13-19/h4-8,11-13,15,17,24H,3,9-10,14,16H2,1-2H3. The van der Waals surface area contributed by atoms with Gasteiger partial charge in [-0.3, -0.25) is 4.79 Å². The average molecular weight is 365 g/mol. The van der Waals surface area contributed by atoms with Crippen molar-refractivity contribution in [2.75, 3.05) is 13.2 Å². The molecule has 2 aromatic rings. The summed E-state index contributed by atoms with van der Waals surface area (Å²) in [4.78, 5) is 25.0. The summed E-state index contributed by atoms with van der Waals surface area (Å²) in [5, 5.41) is 3.10. The first-order valence-electron chi connectivity index (χ1n) is 9.38. The molecule has 0 heterocycles. The minimum absolute atomic E-state index is 0.0363. The third kappa shape index (κ3) is 6.41. The van der Waals surface area contributed by atoms with Gasteiger partial charge in [-0.05, 0) is 44.2 Å². The molecule has 0 amide bonds. The largest absolute Gasteiger partial charge is 0.462 e. The van der Waals surface area contributed by atoms with E-state index in [2.05, 4.69) is 17.4 Å². The summed E-state index contributed by atoms with van der Waals surface area (Å²) in [7, 11) is 0. The summed E-state index contributed by atoms with van der Waals surface area (Å²) < 4.78 is 5.05. The summed E-state index contributed by atoms with van der Waals surface area (Å²) in [6.45, 7) is 4.50. The second-order valence-corrected chi connectivity index (χ2v) is 6.32. The van der Waals surface area contributed by atoms with E-state index in [1.807, 2.05) is 37.3 Å². The number of carbonyl (C=O) groups is 2. The van der Waals surface area contributed by atoms with Gasteiger partial charge in [-0.2, -0.15) is 0 Å². The molecule has 142 valence electrons. The van der Waals surface area contributed by atoms with E-state index in [9.17, 15) is 9.59 Å². The number of ketones is 1. The molecule has 0 aliphatic carbocycles. The Hall–Kier alpha value is -2.88. The van der Waals surface area contributed by atoms with Crippen LogP contribution in [0.2, 0.25) is 0 Å². The highest BCUT2D eigenvalue weighted by molar-refractivity contribution is 6.24. The van der Waals surface area contributed by atoms with Crippen molar-refractivity contribution < 1.29 is 14.3 Å². The Morgan fingerprint density at radius 2 is 1.70 bits per heavy atom. The summed E-state index contributed by atoms with van der Waals surface area (Å²) in [5.41, 5.74) is 2.70. The highest BCUT2D eigenvalue weighted by Gasteiger charge is 2.22. The van der Waals surface area contributed by atoms with Gasteiger partial charge in [-0.1, -0.05) is 54.6 Å². The maximum Gasteiger partial charge on any atom is 0.343 e. The van der Waals surface area contributed by atoms with Crippen molar-refractivity contribution in [2.24, 2.45) is 0 Å². The summed E-state index contributed by atoms with van der Waals surface area (Å²) in [6, 6.07) is 17.6. The van der Waals surface area contributed by atoms with Crippen molar-refractivity contribution in [3.63, 3.8) is 0 Å². The van der Waals surface area contributed by atoms with Gasteiger partial charge in [0, 0.05) is 18.3 Å². The third-order valence-corrected chi connectivity index (χ3v) is 4.26. The van der Waals surface area contributed by atoms with Crippen LogP contribution >= 0.6 is 0 Å². The lowest BCUT2D eigenvalue weighted by Gasteiger charge is -2.09. The van der Waals surface area contributed by atoms with E-state index in [1.165, 1.54) is 11.8 Å². The van der Waals surface area contributed by atoms with Gasteiger partial charge < -0.3 is 10.1 Å². The molecule has 0 aliphatic rings. The van der Waals surface area contributed by atoms with Gasteiger partial charge in [0.1, 0.15) is 5.57 Å². The third-order valence-electron chi connectivity index (χ3n) is 4.26. The van der Waals surface area contributed by atoms with E-state index in [4.69, 9.17) is 4.74 Å². The number of hydrogen-bond donors (Lipinski definition) is 1. The minimum Gasteiger partial charge on any atom is -0.462 e. The van der Waals surface area contributed by atoms with Crippen molar-refractivity contribution >= 4 is 11.8 Å². The Bertz CT molecular complexity index is 781. The molecular formula is C23H27NO3. The molecule has 1 N–H and O–H groups in total. The quantitative estimate of drug-likeness (QED) is 0.171. The zero-order valence-electron chi connectivity index (χ0n) is 16.0. The number of Topliss-reactive ketones (excluding diaryl/α,β-unsaturated/α-hetero) is 1. The van der Waals surface area contributed by atoms with Gasteiger partial charge in [0.15, 0.2) is 0 Å². The summed E-state index contributed by atoms with van der Waals surface area (Å²) in [5.74, 6) is -0.911. The number of unbranched alkanes of at least 4 members (excludes halogenated alkanes) is 1. The molecule has 4 heteroatoms. The van der Waals surface area contributed by atoms with Crippen LogP contribution in [0.15, 0.2) is 66.4 Å². The summed E-state index contributed by atoms with van der Waals surface area (Å²) >= 11 is 0. The Balaban J connectivity index is 1.94. The number of benzene rings is 2. The number of esters is 1. The maximum absolute atomic E-state index is 12.8. The van der Waals surface area contributed by atoms with Crippen molar-refractivity contribution in [1.29, 1.82) is 0 Å². The van der Waals surface area contributed by atoms with Crippen molar-refractivity contribution in [2.45, 2.75) is 33.1 Å². The van der Waals surface area contributed by atoms with Gasteiger partial charge in [0.25, 0.3) is 0 Å². The van der Waals surface area contributed by atoms with Crippen LogP contribution in [0.3, 0.4) is 0 Å². The van der Waals surface area contributed by atoms with E-state index in [0.29, 0.717) is 12.1 Å². The van der Waals surface area contributed by atoms with E-state index in [0.717, 1.165) is 24.8 Å². The average Bonchev–Trinajstić information content (AvgIpc) is 2.68. The molecule has 2 rings (SSSR count). The topological polar surface area (TPSA) is 55.4 Å². The molecule has 0 saturated carbocycles. The fraction of sp³-hybridized carbons (Fsp3) is 0.304. The first kappa shape index (κ1) is 20.4. The van der Waals surface area contributed by atoms with Crippen LogP contribution in [0.1, 0.15) is 41.3 Å². The van der Waals surface area contributed by atoms with E-state index >= 15 is 0 Å². The number of carbonyl (C=O) groups excluding carboxylic acids is 2. The van der Waals surface area contributed by atoms with Crippen LogP contribution in [0, 0.1) is 6.92 Å². The van der Waals surface area contributed by atoms with Crippen LogP contribution in [0.25, 0.3) is 0 Å². The van der Waals surface area contributed by atoms with Gasteiger partial charge in [-0.25, -0.2) is 4.79 Å². The highest BCUT2D eigenvalue weighted by Crippen LogP contribution is 2.14. The van der Waals surface area contributed by atoms with E-state index < -0.39 is 5.97 Å². The molecule has 0 unspecified atom stereocenters. The fourth-order valence-corrected chi connectivity index (χ4v) is 2.77. The number of rotatable bonds is 10. The number of nitrogens with one attached hydrogen (secondary N) is 1. The molecule has 0 saturated heterocycles. The van der Waals surface area contributed by atoms with E-state index in [-0.39, 0.29) is 18.0 Å². The normalized spacial score (nSPS) is 11.1. The van der Waals surface area contributed by atoms with Crippen molar-refractivity contribution in [3.8, 4) is 0 Å². The number of hydrogen-bond acceptors (Lipinski definition) is 4. The zero-order chi connectivity index (χ0) is 19.5. The molecule has 0 aliphatic heterocycles. The SMILES string of the molecule is CCOC(=O)C(=CNCCCCc1ccccc1)C(=O)c1ccccc1C. The van der Waals surface area contributed by atoms with Crippen LogP contribution in [0.5, 0.6) is 0 Å². The molecule has 0 aromatic heterocycles. The number of ether oxygens (including phenoxy) is 1. The first-order valence-corrected chi connectivity index (χ1v) is 9.38. The van der Waals surface area contributed by atoms with Gasteiger partial charge >= 0.3 is 5.97 Å².